The standard InChI is InChI=1S/C17H30O2/c1-5-19-16(18)14-12-10-8-6-7-9-11-13-15-17(2,3)4/h8,10,12,14H,5-7,9,11,13,15H2,1-4H3. The third-order valence-electron chi connectivity index (χ3n) is 2.81. The van der Waals surface area contributed by atoms with Crippen molar-refractivity contribution in [3.63, 3.8) is 0 Å². The molecular formula is C17H30O2. The molecule has 0 aromatic carbocycles. The SMILES string of the molecule is CCOC(=O)C=CC=CCCCCCCC(C)(C)C. The minimum atomic E-state index is -0.269. The lowest BCUT2D eigenvalue weighted by molar-refractivity contribution is -0.137. The molecule has 0 aromatic rings. The lowest BCUT2D eigenvalue weighted by Crippen LogP contribution is -2.03. The van der Waals surface area contributed by atoms with Crippen LogP contribution in [0.2, 0.25) is 0 Å². The normalized spacial score (nSPS) is 12.4. The highest BCUT2D eigenvalue weighted by Gasteiger charge is 2.08. The Morgan fingerprint density at radius 2 is 1.74 bits per heavy atom. The van der Waals surface area contributed by atoms with Crippen LogP contribution in [0.3, 0.4) is 0 Å². The second-order valence-corrected chi connectivity index (χ2v) is 6.05. The Labute approximate surface area is 118 Å². The Morgan fingerprint density at radius 1 is 1.05 bits per heavy atom. The van der Waals surface area contributed by atoms with Crippen molar-refractivity contribution < 1.29 is 9.53 Å². The summed E-state index contributed by atoms with van der Waals surface area (Å²) in [6.45, 7) is 9.13. The number of allylic oxidation sites excluding steroid dienone is 3. The first-order valence-electron chi connectivity index (χ1n) is 7.45. The van der Waals surface area contributed by atoms with Crippen molar-refractivity contribution in [1.82, 2.24) is 0 Å². The van der Waals surface area contributed by atoms with E-state index in [1.807, 2.05) is 6.08 Å². The van der Waals surface area contributed by atoms with Gasteiger partial charge in [-0.2, -0.15) is 0 Å². The van der Waals surface area contributed by atoms with Crippen LogP contribution in [0, 0.1) is 5.41 Å². The Morgan fingerprint density at radius 3 is 2.37 bits per heavy atom. The molecule has 19 heavy (non-hydrogen) atoms. The maximum Gasteiger partial charge on any atom is 0.330 e. The molecule has 0 fully saturated rings. The highest BCUT2D eigenvalue weighted by Crippen LogP contribution is 2.22. The molecule has 0 aliphatic heterocycles. The summed E-state index contributed by atoms with van der Waals surface area (Å²) in [7, 11) is 0. The summed E-state index contributed by atoms with van der Waals surface area (Å²) in [6.07, 6.45) is 14.8. The van der Waals surface area contributed by atoms with E-state index >= 15 is 0 Å². The molecule has 0 unspecified atom stereocenters. The summed E-state index contributed by atoms with van der Waals surface area (Å²) < 4.78 is 4.78. The van der Waals surface area contributed by atoms with Crippen LogP contribution in [-0.4, -0.2) is 12.6 Å². The van der Waals surface area contributed by atoms with Crippen LogP contribution in [-0.2, 0) is 9.53 Å². The van der Waals surface area contributed by atoms with Crippen LogP contribution in [0.5, 0.6) is 0 Å². The third kappa shape index (κ3) is 14.9. The fraction of sp³-hybridized carbons (Fsp3) is 0.706. The smallest absolute Gasteiger partial charge is 0.330 e. The predicted molar refractivity (Wildman–Crippen MR) is 82.1 cm³/mol. The number of carbonyl (C=O) groups excluding carboxylic acids is 1. The fourth-order valence-electron chi connectivity index (χ4n) is 1.77. The minimum Gasteiger partial charge on any atom is -0.463 e. The fourth-order valence-corrected chi connectivity index (χ4v) is 1.77. The molecule has 0 bridgehead atoms. The average Bonchev–Trinajstić information content (AvgIpc) is 2.30. The van der Waals surface area contributed by atoms with E-state index in [1.54, 1.807) is 13.0 Å². The molecule has 0 aromatic heterocycles. The van der Waals surface area contributed by atoms with Crippen LogP contribution in [0.4, 0.5) is 0 Å². The summed E-state index contributed by atoms with van der Waals surface area (Å²) in [6, 6.07) is 0. The predicted octanol–water partition coefficient (Wildman–Crippen LogP) is 5.05. The average molecular weight is 266 g/mol. The van der Waals surface area contributed by atoms with Crippen molar-refractivity contribution >= 4 is 5.97 Å². The van der Waals surface area contributed by atoms with Crippen molar-refractivity contribution in [2.45, 2.75) is 66.2 Å². The monoisotopic (exact) mass is 266 g/mol. The molecule has 2 nitrogen and oxygen atoms in total. The highest BCUT2D eigenvalue weighted by atomic mass is 16.5. The molecule has 2 heteroatoms. The van der Waals surface area contributed by atoms with Crippen LogP contribution in [0.15, 0.2) is 24.3 Å². The van der Waals surface area contributed by atoms with E-state index in [4.69, 9.17) is 4.74 Å². The van der Waals surface area contributed by atoms with Crippen molar-refractivity contribution in [2.75, 3.05) is 6.61 Å². The Balaban J connectivity index is 3.42. The van der Waals surface area contributed by atoms with Gasteiger partial charge >= 0.3 is 5.97 Å². The Hall–Kier alpha value is -1.05. The van der Waals surface area contributed by atoms with Crippen molar-refractivity contribution in [2.24, 2.45) is 5.41 Å². The molecule has 0 heterocycles. The number of rotatable bonds is 9. The first kappa shape index (κ1) is 17.9. The molecule has 0 rings (SSSR count). The number of hydrogen-bond donors (Lipinski definition) is 0. The number of carbonyl (C=O) groups is 1. The molecule has 0 N–H and O–H groups in total. The number of unbranched alkanes of at least 4 members (excludes halogenated alkanes) is 4. The van der Waals surface area contributed by atoms with Crippen LogP contribution < -0.4 is 0 Å². The Kier molecular flexibility index (Phi) is 10.2. The molecule has 110 valence electrons. The van der Waals surface area contributed by atoms with Gasteiger partial charge in [-0.25, -0.2) is 4.79 Å². The largest absolute Gasteiger partial charge is 0.463 e. The summed E-state index contributed by atoms with van der Waals surface area (Å²) >= 11 is 0. The van der Waals surface area contributed by atoms with Gasteiger partial charge in [-0.05, 0) is 31.6 Å². The van der Waals surface area contributed by atoms with E-state index in [9.17, 15) is 4.79 Å². The van der Waals surface area contributed by atoms with Gasteiger partial charge in [0.25, 0.3) is 0 Å². The molecule has 0 saturated carbocycles. The van der Waals surface area contributed by atoms with Crippen molar-refractivity contribution in [3.8, 4) is 0 Å². The molecular weight excluding hydrogens is 236 g/mol. The third-order valence-corrected chi connectivity index (χ3v) is 2.81. The van der Waals surface area contributed by atoms with Gasteiger partial charge in [-0.3, -0.25) is 0 Å². The van der Waals surface area contributed by atoms with E-state index in [1.165, 1.54) is 38.2 Å². The molecule has 0 amide bonds. The zero-order valence-electron chi connectivity index (χ0n) is 13.1. The first-order valence-corrected chi connectivity index (χ1v) is 7.45. The maximum absolute atomic E-state index is 11.0. The van der Waals surface area contributed by atoms with Crippen LogP contribution >= 0.6 is 0 Å². The van der Waals surface area contributed by atoms with Crippen LogP contribution in [0.1, 0.15) is 66.2 Å². The lowest BCUT2D eigenvalue weighted by atomic mass is 9.89. The molecule has 0 saturated heterocycles. The molecule has 0 radical (unpaired) electrons. The van der Waals surface area contributed by atoms with Gasteiger partial charge in [0.1, 0.15) is 0 Å². The van der Waals surface area contributed by atoms with Crippen LogP contribution in [0.25, 0.3) is 0 Å². The second-order valence-electron chi connectivity index (χ2n) is 6.05. The van der Waals surface area contributed by atoms with Gasteiger partial charge in [0, 0.05) is 6.08 Å². The van der Waals surface area contributed by atoms with Crippen molar-refractivity contribution in [3.05, 3.63) is 24.3 Å². The van der Waals surface area contributed by atoms with E-state index in [0.717, 1.165) is 6.42 Å². The van der Waals surface area contributed by atoms with E-state index in [2.05, 4.69) is 26.8 Å². The molecule has 0 spiro atoms. The molecule has 0 aliphatic carbocycles. The summed E-state index contributed by atoms with van der Waals surface area (Å²) in [5.74, 6) is -0.269. The van der Waals surface area contributed by atoms with Gasteiger partial charge in [-0.1, -0.05) is 58.3 Å². The minimum absolute atomic E-state index is 0.269. The van der Waals surface area contributed by atoms with Gasteiger partial charge in [-0.15, -0.1) is 0 Å². The summed E-state index contributed by atoms with van der Waals surface area (Å²) in [5.41, 5.74) is 0.470. The van der Waals surface area contributed by atoms with E-state index in [-0.39, 0.29) is 5.97 Å². The van der Waals surface area contributed by atoms with E-state index in [0.29, 0.717) is 12.0 Å². The topological polar surface area (TPSA) is 26.3 Å². The quantitative estimate of drug-likeness (QED) is 0.253. The van der Waals surface area contributed by atoms with Gasteiger partial charge in [0.05, 0.1) is 6.61 Å². The zero-order valence-corrected chi connectivity index (χ0v) is 13.1. The summed E-state index contributed by atoms with van der Waals surface area (Å²) in [5, 5.41) is 0. The first-order chi connectivity index (χ1) is 8.95. The number of hydrogen-bond acceptors (Lipinski definition) is 2. The second kappa shape index (κ2) is 10.8. The maximum atomic E-state index is 11.0. The molecule has 0 atom stereocenters. The van der Waals surface area contributed by atoms with Gasteiger partial charge in [0.2, 0.25) is 0 Å². The zero-order chi connectivity index (χ0) is 14.6. The van der Waals surface area contributed by atoms with E-state index < -0.39 is 0 Å². The number of esters is 1. The Bertz CT molecular complexity index is 282. The van der Waals surface area contributed by atoms with Gasteiger partial charge < -0.3 is 4.74 Å². The summed E-state index contributed by atoms with van der Waals surface area (Å²) in [4.78, 5) is 11.0. The highest BCUT2D eigenvalue weighted by molar-refractivity contribution is 5.82. The lowest BCUT2D eigenvalue weighted by Gasteiger charge is -2.17. The number of ether oxygens (including phenoxy) is 1. The molecule has 0 aliphatic rings. The van der Waals surface area contributed by atoms with Gasteiger partial charge in [0.15, 0.2) is 0 Å². The van der Waals surface area contributed by atoms with Crippen molar-refractivity contribution in [1.29, 1.82) is 0 Å².